The number of rotatable bonds is 4. The van der Waals surface area contributed by atoms with Crippen molar-refractivity contribution in [1.82, 2.24) is 5.32 Å². The highest BCUT2D eigenvalue weighted by molar-refractivity contribution is 5.98. The van der Waals surface area contributed by atoms with E-state index in [-0.39, 0.29) is 11.9 Å². The van der Waals surface area contributed by atoms with Gasteiger partial charge in [0.15, 0.2) is 5.58 Å². The molecule has 27 heavy (non-hydrogen) atoms. The smallest absolute Gasteiger partial charge is 0.349 e. The third-order valence-corrected chi connectivity index (χ3v) is 3.76. The first-order valence-electron chi connectivity index (χ1n) is 7.47. The van der Waals surface area contributed by atoms with Crippen molar-refractivity contribution in [2.24, 2.45) is 0 Å². The minimum Gasteiger partial charge on any atom is -0.501 e. The summed E-state index contributed by atoms with van der Waals surface area (Å²) in [4.78, 5) is 34.2. The number of halogens is 1. The number of benzene rings is 2. The van der Waals surface area contributed by atoms with Crippen molar-refractivity contribution in [1.29, 1.82) is 0 Å². The normalized spacial score (nSPS) is 10.7. The molecule has 0 saturated heterocycles. The molecular formula is C17H11FN2O7. The number of nitrogens with zero attached hydrogens (tertiary/aromatic N) is 1. The number of phenols is 2. The van der Waals surface area contributed by atoms with E-state index in [9.17, 15) is 34.3 Å². The molecule has 3 rings (SSSR count). The number of carbonyl (C=O) groups is 1. The predicted octanol–water partition coefficient (Wildman–Crippen LogP) is 2.18. The van der Waals surface area contributed by atoms with E-state index in [1.807, 2.05) is 0 Å². The Morgan fingerprint density at radius 2 is 1.85 bits per heavy atom. The maximum absolute atomic E-state index is 12.9. The van der Waals surface area contributed by atoms with Crippen molar-refractivity contribution in [3.8, 4) is 11.5 Å². The lowest BCUT2D eigenvalue weighted by Gasteiger charge is -2.07. The minimum absolute atomic E-state index is 0.00241. The number of nitro groups is 1. The molecular weight excluding hydrogens is 363 g/mol. The van der Waals surface area contributed by atoms with Crippen LogP contribution in [0, 0.1) is 15.9 Å². The van der Waals surface area contributed by atoms with Gasteiger partial charge in [-0.25, -0.2) is 9.18 Å². The van der Waals surface area contributed by atoms with Crippen molar-refractivity contribution in [3.05, 3.63) is 73.9 Å². The molecule has 0 radical (unpaired) electrons. The minimum atomic E-state index is -1.11. The van der Waals surface area contributed by atoms with Crippen LogP contribution in [0.3, 0.4) is 0 Å². The van der Waals surface area contributed by atoms with Gasteiger partial charge in [-0.3, -0.25) is 14.9 Å². The van der Waals surface area contributed by atoms with Crippen LogP contribution < -0.4 is 10.9 Å². The van der Waals surface area contributed by atoms with E-state index >= 15 is 0 Å². The average Bonchev–Trinajstić information content (AvgIpc) is 2.63. The van der Waals surface area contributed by atoms with E-state index in [0.29, 0.717) is 5.56 Å². The van der Waals surface area contributed by atoms with Gasteiger partial charge in [-0.2, -0.15) is 0 Å². The first-order valence-corrected chi connectivity index (χ1v) is 7.47. The lowest BCUT2D eigenvalue weighted by molar-refractivity contribution is -0.385. The Balaban J connectivity index is 1.96. The fourth-order valence-corrected chi connectivity index (χ4v) is 2.40. The largest absolute Gasteiger partial charge is 0.501 e. The lowest BCUT2D eigenvalue weighted by Crippen LogP contribution is -2.27. The molecule has 0 aliphatic carbocycles. The van der Waals surface area contributed by atoms with Crippen LogP contribution in [0.5, 0.6) is 11.5 Å². The number of amides is 1. The van der Waals surface area contributed by atoms with Crippen LogP contribution in [0.4, 0.5) is 10.1 Å². The summed E-state index contributed by atoms with van der Waals surface area (Å²) in [6.45, 7) is -0.00241. The molecule has 0 atom stereocenters. The number of aromatic hydroxyl groups is 2. The third kappa shape index (κ3) is 3.40. The van der Waals surface area contributed by atoms with Crippen LogP contribution in [0.1, 0.15) is 15.9 Å². The molecule has 3 aromatic rings. The van der Waals surface area contributed by atoms with Crippen molar-refractivity contribution < 1.29 is 28.7 Å². The van der Waals surface area contributed by atoms with Gasteiger partial charge in [0.05, 0.1) is 4.92 Å². The number of phenolic OH excluding ortho intramolecular Hbond substituents is 2. The van der Waals surface area contributed by atoms with Crippen molar-refractivity contribution in [2.75, 3.05) is 0 Å². The summed E-state index contributed by atoms with van der Waals surface area (Å²) >= 11 is 0. The second kappa shape index (κ2) is 6.75. The number of nitro benzene ring substituents is 1. The number of hydrogen-bond donors (Lipinski definition) is 3. The predicted molar refractivity (Wildman–Crippen MR) is 90.0 cm³/mol. The molecule has 0 unspecified atom stereocenters. The molecule has 0 saturated carbocycles. The van der Waals surface area contributed by atoms with Crippen molar-refractivity contribution in [2.45, 2.75) is 6.54 Å². The molecule has 1 amide bonds. The fraction of sp³-hybridized carbons (Fsp3) is 0.0588. The Morgan fingerprint density at radius 1 is 1.19 bits per heavy atom. The molecule has 0 fully saturated rings. The van der Waals surface area contributed by atoms with Gasteiger partial charge in [-0.15, -0.1) is 0 Å². The van der Waals surface area contributed by atoms with Gasteiger partial charge in [0, 0.05) is 18.0 Å². The Morgan fingerprint density at radius 3 is 2.48 bits per heavy atom. The molecule has 3 N–H and O–H groups in total. The van der Waals surface area contributed by atoms with E-state index in [4.69, 9.17) is 4.42 Å². The molecule has 1 heterocycles. The molecule has 0 aliphatic rings. The summed E-state index contributed by atoms with van der Waals surface area (Å²) < 4.78 is 17.7. The molecule has 0 aliphatic heterocycles. The first-order chi connectivity index (χ1) is 12.8. The van der Waals surface area contributed by atoms with Gasteiger partial charge < -0.3 is 19.9 Å². The van der Waals surface area contributed by atoms with E-state index in [1.165, 1.54) is 24.3 Å². The van der Waals surface area contributed by atoms with Gasteiger partial charge >= 0.3 is 11.3 Å². The zero-order valence-electron chi connectivity index (χ0n) is 13.4. The summed E-state index contributed by atoms with van der Waals surface area (Å²) in [7, 11) is 0. The molecule has 138 valence electrons. The second-order valence-corrected chi connectivity index (χ2v) is 5.53. The summed E-state index contributed by atoms with van der Waals surface area (Å²) in [5.74, 6) is -3.30. The van der Waals surface area contributed by atoms with Crippen LogP contribution in [0.25, 0.3) is 11.0 Å². The number of fused-ring (bicyclic) bond motifs is 1. The van der Waals surface area contributed by atoms with Crippen LogP contribution in [-0.4, -0.2) is 21.0 Å². The van der Waals surface area contributed by atoms with Gasteiger partial charge in [-0.1, -0.05) is 12.1 Å². The zero-order valence-corrected chi connectivity index (χ0v) is 13.4. The van der Waals surface area contributed by atoms with Crippen molar-refractivity contribution in [3.63, 3.8) is 0 Å². The van der Waals surface area contributed by atoms with Gasteiger partial charge in [0.2, 0.25) is 11.5 Å². The molecule has 0 spiro atoms. The Hall–Kier alpha value is -3.95. The summed E-state index contributed by atoms with van der Waals surface area (Å²) in [5.41, 5.74) is -2.29. The number of nitrogens with one attached hydrogen (secondary N) is 1. The van der Waals surface area contributed by atoms with Crippen LogP contribution >= 0.6 is 0 Å². The van der Waals surface area contributed by atoms with E-state index in [0.717, 1.165) is 12.1 Å². The molecule has 1 aromatic heterocycles. The second-order valence-electron chi connectivity index (χ2n) is 5.53. The van der Waals surface area contributed by atoms with Crippen LogP contribution in [0.15, 0.2) is 45.6 Å². The highest BCUT2D eigenvalue weighted by Gasteiger charge is 2.24. The summed E-state index contributed by atoms with van der Waals surface area (Å²) in [6, 6.07) is 7.18. The van der Waals surface area contributed by atoms with Gasteiger partial charge in [0.1, 0.15) is 11.4 Å². The quantitative estimate of drug-likeness (QED) is 0.275. The van der Waals surface area contributed by atoms with Crippen LogP contribution in [-0.2, 0) is 6.54 Å². The molecule has 10 heteroatoms. The summed E-state index contributed by atoms with van der Waals surface area (Å²) in [6.07, 6.45) is 0. The average molecular weight is 374 g/mol. The molecule has 9 nitrogen and oxygen atoms in total. The Labute approximate surface area is 149 Å². The Bertz CT molecular complexity index is 1120. The molecule has 2 aromatic carbocycles. The fourth-order valence-electron chi connectivity index (χ4n) is 2.40. The van der Waals surface area contributed by atoms with Gasteiger partial charge in [-0.05, 0) is 23.8 Å². The number of carbonyl (C=O) groups excluding carboxylic acids is 1. The standard InChI is InChI=1S/C17H11FN2O7/c18-10-3-1-8(2-4-10)7-19-16(23)11-5-9-6-12(20(25)26)13(21)14(22)15(9)27-17(11)24/h1-6,21-22H,7H2,(H,19,23). The zero-order chi connectivity index (χ0) is 19.7. The van der Waals surface area contributed by atoms with Gasteiger partial charge in [0.25, 0.3) is 5.91 Å². The first kappa shape index (κ1) is 17.9. The topological polar surface area (TPSA) is 143 Å². The molecule has 0 bridgehead atoms. The van der Waals surface area contributed by atoms with Crippen LogP contribution in [0.2, 0.25) is 0 Å². The lowest BCUT2D eigenvalue weighted by atomic mass is 10.1. The maximum atomic E-state index is 12.9. The maximum Gasteiger partial charge on any atom is 0.349 e. The highest BCUT2D eigenvalue weighted by Crippen LogP contribution is 2.40. The van der Waals surface area contributed by atoms with E-state index in [1.54, 1.807) is 0 Å². The van der Waals surface area contributed by atoms with E-state index in [2.05, 4.69) is 5.32 Å². The van der Waals surface area contributed by atoms with Crippen molar-refractivity contribution >= 4 is 22.6 Å². The summed E-state index contributed by atoms with van der Waals surface area (Å²) in [5, 5.41) is 32.6. The highest BCUT2D eigenvalue weighted by atomic mass is 19.1. The van der Waals surface area contributed by atoms with E-state index < -0.39 is 50.6 Å². The third-order valence-electron chi connectivity index (χ3n) is 3.76. The Kier molecular flexibility index (Phi) is 4.46. The number of hydrogen-bond acceptors (Lipinski definition) is 7. The monoisotopic (exact) mass is 374 g/mol. The SMILES string of the molecule is O=C(NCc1ccc(F)cc1)c1cc2cc([N+](=O)[O-])c(O)c(O)c2oc1=O.